The van der Waals surface area contributed by atoms with Gasteiger partial charge in [-0.15, -0.1) is 0 Å². The van der Waals surface area contributed by atoms with Crippen molar-refractivity contribution in [3.63, 3.8) is 0 Å². The van der Waals surface area contributed by atoms with Crippen LogP contribution in [0.1, 0.15) is 51.4 Å². The first-order valence-electron chi connectivity index (χ1n) is 8.51. The van der Waals surface area contributed by atoms with Crippen LogP contribution in [0.5, 0.6) is 0 Å². The van der Waals surface area contributed by atoms with E-state index in [1.807, 2.05) is 0 Å². The molecule has 0 amide bonds. The van der Waals surface area contributed by atoms with E-state index in [0.717, 1.165) is 45.8 Å². The Morgan fingerprint density at radius 3 is 2.50 bits per heavy atom. The average molecular weight is 282 g/mol. The lowest BCUT2D eigenvalue weighted by Crippen LogP contribution is -2.61. The van der Waals surface area contributed by atoms with Gasteiger partial charge in [0.1, 0.15) is 0 Å². The highest BCUT2D eigenvalue weighted by atomic mass is 16.5. The molecule has 0 aromatic carbocycles. The Labute approximate surface area is 123 Å². The summed E-state index contributed by atoms with van der Waals surface area (Å²) in [6.07, 6.45) is 10.4. The fourth-order valence-electron chi connectivity index (χ4n) is 4.42. The molecule has 3 rings (SSSR count). The summed E-state index contributed by atoms with van der Waals surface area (Å²) in [4.78, 5) is 2.64. The minimum absolute atomic E-state index is 0.252. The minimum atomic E-state index is 0.252. The summed E-state index contributed by atoms with van der Waals surface area (Å²) in [7, 11) is 0. The summed E-state index contributed by atoms with van der Waals surface area (Å²) < 4.78 is 11.3. The molecule has 2 aliphatic heterocycles. The van der Waals surface area contributed by atoms with Crippen molar-refractivity contribution >= 4 is 0 Å². The van der Waals surface area contributed by atoms with E-state index in [9.17, 15) is 0 Å². The van der Waals surface area contributed by atoms with Crippen molar-refractivity contribution in [2.75, 3.05) is 32.9 Å². The molecule has 2 heterocycles. The Morgan fingerprint density at radius 2 is 1.85 bits per heavy atom. The van der Waals surface area contributed by atoms with Crippen molar-refractivity contribution in [1.29, 1.82) is 0 Å². The van der Waals surface area contributed by atoms with E-state index in [-0.39, 0.29) is 5.54 Å². The Balaban J connectivity index is 1.59. The van der Waals surface area contributed by atoms with E-state index in [4.69, 9.17) is 15.2 Å². The Hall–Kier alpha value is -0.160. The Morgan fingerprint density at radius 1 is 1.10 bits per heavy atom. The van der Waals surface area contributed by atoms with Crippen molar-refractivity contribution in [3.05, 3.63) is 0 Å². The van der Waals surface area contributed by atoms with E-state index in [2.05, 4.69) is 4.90 Å². The van der Waals surface area contributed by atoms with E-state index in [1.165, 1.54) is 38.5 Å². The normalized spacial score (nSPS) is 32.5. The zero-order valence-corrected chi connectivity index (χ0v) is 12.7. The van der Waals surface area contributed by atoms with Crippen molar-refractivity contribution in [1.82, 2.24) is 4.90 Å². The van der Waals surface area contributed by atoms with Gasteiger partial charge in [-0.3, -0.25) is 4.90 Å². The lowest BCUT2D eigenvalue weighted by atomic mass is 9.83. The van der Waals surface area contributed by atoms with Gasteiger partial charge in [-0.05, 0) is 38.5 Å². The topological polar surface area (TPSA) is 47.7 Å². The summed E-state index contributed by atoms with van der Waals surface area (Å²) in [5.41, 5.74) is 6.94. The molecule has 0 spiro atoms. The fourth-order valence-corrected chi connectivity index (χ4v) is 4.42. The third-order valence-corrected chi connectivity index (χ3v) is 5.62. The standard InChI is InChI=1S/C16H30N2O2/c17-15(6-5-14-4-3-11-20-14)16(7-1-2-8-16)18-9-12-19-13-10-18/h14-15H,1-13,17H2. The SMILES string of the molecule is NC(CCC1CCCO1)C1(N2CCOCC2)CCCC1. The maximum atomic E-state index is 6.68. The van der Waals surface area contributed by atoms with Crippen molar-refractivity contribution in [3.8, 4) is 0 Å². The van der Waals surface area contributed by atoms with Gasteiger partial charge in [-0.25, -0.2) is 0 Å². The van der Waals surface area contributed by atoms with Crippen LogP contribution in [0.2, 0.25) is 0 Å². The second kappa shape index (κ2) is 6.73. The predicted octanol–water partition coefficient (Wildman–Crippen LogP) is 1.92. The first-order chi connectivity index (χ1) is 9.81. The first kappa shape index (κ1) is 14.8. The smallest absolute Gasteiger partial charge is 0.0594 e. The quantitative estimate of drug-likeness (QED) is 0.837. The van der Waals surface area contributed by atoms with Gasteiger partial charge >= 0.3 is 0 Å². The fraction of sp³-hybridized carbons (Fsp3) is 1.00. The highest BCUT2D eigenvalue weighted by Crippen LogP contribution is 2.39. The highest BCUT2D eigenvalue weighted by molar-refractivity contribution is 5.03. The van der Waals surface area contributed by atoms with Crippen LogP contribution in [-0.2, 0) is 9.47 Å². The number of nitrogens with zero attached hydrogens (tertiary/aromatic N) is 1. The average Bonchev–Trinajstić information content (AvgIpc) is 3.18. The van der Waals surface area contributed by atoms with Crippen LogP contribution >= 0.6 is 0 Å². The number of ether oxygens (including phenoxy) is 2. The molecule has 0 aromatic heterocycles. The van der Waals surface area contributed by atoms with Gasteiger partial charge in [0.25, 0.3) is 0 Å². The molecule has 3 aliphatic rings. The van der Waals surface area contributed by atoms with Crippen LogP contribution < -0.4 is 5.73 Å². The molecule has 0 aromatic rings. The van der Waals surface area contributed by atoms with E-state index >= 15 is 0 Å². The van der Waals surface area contributed by atoms with Gasteiger partial charge in [-0.2, -0.15) is 0 Å². The molecular formula is C16H30N2O2. The molecule has 1 saturated carbocycles. The van der Waals surface area contributed by atoms with Crippen LogP contribution in [0.4, 0.5) is 0 Å². The number of morpholine rings is 1. The van der Waals surface area contributed by atoms with Crippen LogP contribution in [0, 0.1) is 0 Å². The van der Waals surface area contributed by atoms with Gasteiger partial charge in [0.2, 0.25) is 0 Å². The second-order valence-electron chi connectivity index (χ2n) is 6.73. The summed E-state index contributed by atoms with van der Waals surface area (Å²) in [5, 5.41) is 0. The van der Waals surface area contributed by atoms with E-state index in [1.54, 1.807) is 0 Å². The minimum Gasteiger partial charge on any atom is -0.379 e. The molecule has 0 bridgehead atoms. The zero-order valence-electron chi connectivity index (χ0n) is 12.7. The van der Waals surface area contributed by atoms with Crippen LogP contribution in [0.15, 0.2) is 0 Å². The van der Waals surface area contributed by atoms with Crippen LogP contribution in [0.25, 0.3) is 0 Å². The molecule has 2 N–H and O–H groups in total. The number of rotatable bonds is 5. The summed E-state index contributed by atoms with van der Waals surface area (Å²) in [6, 6.07) is 0.298. The molecule has 2 saturated heterocycles. The largest absolute Gasteiger partial charge is 0.379 e. The summed E-state index contributed by atoms with van der Waals surface area (Å²) in [5.74, 6) is 0. The lowest BCUT2D eigenvalue weighted by molar-refractivity contribution is -0.0332. The molecule has 4 nitrogen and oxygen atoms in total. The summed E-state index contributed by atoms with van der Waals surface area (Å²) in [6.45, 7) is 4.83. The van der Waals surface area contributed by atoms with E-state index in [0.29, 0.717) is 12.1 Å². The van der Waals surface area contributed by atoms with Gasteiger partial charge in [0.15, 0.2) is 0 Å². The molecule has 2 atom stereocenters. The second-order valence-corrected chi connectivity index (χ2v) is 6.73. The Bertz CT molecular complexity index is 293. The maximum absolute atomic E-state index is 6.68. The molecule has 1 aliphatic carbocycles. The molecule has 116 valence electrons. The number of nitrogens with two attached hydrogens (primary N) is 1. The number of hydrogen-bond donors (Lipinski definition) is 1. The van der Waals surface area contributed by atoms with Crippen molar-refractivity contribution in [2.24, 2.45) is 5.73 Å². The molecule has 3 fully saturated rings. The summed E-state index contributed by atoms with van der Waals surface area (Å²) >= 11 is 0. The lowest BCUT2D eigenvalue weighted by Gasteiger charge is -2.47. The molecule has 20 heavy (non-hydrogen) atoms. The van der Waals surface area contributed by atoms with Gasteiger partial charge in [-0.1, -0.05) is 12.8 Å². The van der Waals surface area contributed by atoms with Crippen molar-refractivity contribution in [2.45, 2.75) is 69.1 Å². The highest BCUT2D eigenvalue weighted by Gasteiger charge is 2.44. The molecule has 2 unspecified atom stereocenters. The third kappa shape index (κ3) is 3.03. The van der Waals surface area contributed by atoms with Gasteiger partial charge in [0.05, 0.1) is 19.3 Å². The van der Waals surface area contributed by atoms with Crippen LogP contribution in [-0.4, -0.2) is 55.5 Å². The zero-order chi connectivity index (χ0) is 13.8. The molecular weight excluding hydrogens is 252 g/mol. The van der Waals surface area contributed by atoms with Gasteiger partial charge in [0, 0.05) is 31.3 Å². The molecule has 4 heteroatoms. The monoisotopic (exact) mass is 282 g/mol. The Kier molecular flexibility index (Phi) is 4.97. The van der Waals surface area contributed by atoms with Crippen molar-refractivity contribution < 1.29 is 9.47 Å². The van der Waals surface area contributed by atoms with Gasteiger partial charge < -0.3 is 15.2 Å². The number of hydrogen-bond acceptors (Lipinski definition) is 4. The van der Waals surface area contributed by atoms with E-state index < -0.39 is 0 Å². The molecule has 0 radical (unpaired) electrons. The third-order valence-electron chi connectivity index (χ3n) is 5.62. The van der Waals surface area contributed by atoms with Crippen LogP contribution in [0.3, 0.4) is 0 Å². The predicted molar refractivity (Wildman–Crippen MR) is 79.8 cm³/mol. The first-order valence-corrected chi connectivity index (χ1v) is 8.51. The maximum Gasteiger partial charge on any atom is 0.0594 e.